The van der Waals surface area contributed by atoms with Gasteiger partial charge in [-0.2, -0.15) is 0 Å². The van der Waals surface area contributed by atoms with Crippen molar-refractivity contribution < 1.29 is 4.74 Å². The molecule has 0 saturated carbocycles. The summed E-state index contributed by atoms with van der Waals surface area (Å²) in [6, 6.07) is 18.3. The number of ether oxygens (including phenoxy) is 1. The predicted molar refractivity (Wildman–Crippen MR) is 115 cm³/mol. The van der Waals surface area contributed by atoms with E-state index < -0.39 is 0 Å². The first-order valence-corrected chi connectivity index (χ1v) is 11.0. The van der Waals surface area contributed by atoms with E-state index in [9.17, 15) is 0 Å². The molecule has 2 aromatic carbocycles. The number of benzene rings is 2. The van der Waals surface area contributed by atoms with Crippen molar-refractivity contribution in [2.24, 2.45) is 0 Å². The average molecular weight is 460 g/mol. The molecule has 0 aromatic heterocycles. The molecule has 3 aliphatic heterocycles. The Morgan fingerprint density at radius 3 is 2.54 bits per heavy atom. The molecular weight excluding hydrogens is 435 g/mol. The lowest BCUT2D eigenvalue weighted by molar-refractivity contribution is 0.0502. The standard InChI is InChI=1S/C22H25IN2O/c23-17-13-25(14-17)18-7-8-22-20(12-18)19(11-16-5-2-1-3-6-16)21(15-26-22)24-9-4-10-24/h1-3,5-8,12,17,19,21H,4,9-11,13-15H2. The van der Waals surface area contributed by atoms with Gasteiger partial charge in [-0.1, -0.05) is 52.9 Å². The molecule has 2 aromatic rings. The van der Waals surface area contributed by atoms with Gasteiger partial charge >= 0.3 is 0 Å². The van der Waals surface area contributed by atoms with Crippen molar-refractivity contribution in [3.05, 3.63) is 59.7 Å². The lowest BCUT2D eigenvalue weighted by atomic mass is 9.82. The molecule has 2 saturated heterocycles. The molecule has 0 bridgehead atoms. The van der Waals surface area contributed by atoms with E-state index in [1.807, 2.05) is 0 Å². The number of nitrogens with zero attached hydrogens (tertiary/aromatic N) is 2. The van der Waals surface area contributed by atoms with Crippen LogP contribution in [-0.2, 0) is 6.42 Å². The molecule has 5 rings (SSSR count). The van der Waals surface area contributed by atoms with Crippen LogP contribution >= 0.6 is 22.6 Å². The molecule has 0 spiro atoms. The number of fused-ring (bicyclic) bond motifs is 1. The van der Waals surface area contributed by atoms with Gasteiger partial charge in [0.2, 0.25) is 0 Å². The zero-order chi connectivity index (χ0) is 17.5. The summed E-state index contributed by atoms with van der Waals surface area (Å²) in [4.78, 5) is 5.11. The fourth-order valence-corrected chi connectivity index (χ4v) is 5.39. The second-order valence-corrected chi connectivity index (χ2v) is 9.55. The molecule has 3 aliphatic rings. The number of alkyl halides is 1. The predicted octanol–water partition coefficient (Wildman–Crippen LogP) is 4.10. The topological polar surface area (TPSA) is 15.7 Å². The quantitative estimate of drug-likeness (QED) is 0.505. The van der Waals surface area contributed by atoms with Crippen molar-refractivity contribution in [1.29, 1.82) is 0 Å². The molecule has 2 unspecified atom stereocenters. The molecule has 3 nitrogen and oxygen atoms in total. The molecule has 2 fully saturated rings. The number of likely N-dealkylation sites (tertiary alicyclic amines) is 1. The van der Waals surface area contributed by atoms with Crippen LogP contribution in [-0.4, -0.2) is 47.7 Å². The molecule has 4 heteroatoms. The zero-order valence-electron chi connectivity index (χ0n) is 15.0. The Morgan fingerprint density at radius 2 is 1.85 bits per heavy atom. The summed E-state index contributed by atoms with van der Waals surface area (Å²) in [6.07, 6.45) is 2.42. The Kier molecular flexibility index (Phi) is 4.57. The minimum Gasteiger partial charge on any atom is -0.492 e. The van der Waals surface area contributed by atoms with Crippen LogP contribution in [0.1, 0.15) is 23.5 Å². The van der Waals surface area contributed by atoms with Crippen LogP contribution in [0, 0.1) is 0 Å². The number of anilines is 1. The van der Waals surface area contributed by atoms with Crippen LogP contribution in [0.5, 0.6) is 5.75 Å². The van der Waals surface area contributed by atoms with Crippen LogP contribution in [0.2, 0.25) is 0 Å². The maximum Gasteiger partial charge on any atom is 0.123 e. The van der Waals surface area contributed by atoms with Crippen molar-refractivity contribution in [2.75, 3.05) is 37.7 Å². The maximum atomic E-state index is 6.21. The highest BCUT2D eigenvalue weighted by atomic mass is 127. The molecule has 0 N–H and O–H groups in total. The lowest BCUT2D eigenvalue weighted by Gasteiger charge is -2.45. The fourth-order valence-electron chi connectivity index (χ4n) is 4.43. The Hall–Kier alpha value is -1.27. The van der Waals surface area contributed by atoms with Crippen molar-refractivity contribution in [2.45, 2.75) is 28.7 Å². The second-order valence-electron chi connectivity index (χ2n) is 7.79. The molecular formula is C22H25IN2O. The van der Waals surface area contributed by atoms with E-state index in [1.165, 1.54) is 49.4 Å². The summed E-state index contributed by atoms with van der Waals surface area (Å²) in [6.45, 7) is 5.59. The summed E-state index contributed by atoms with van der Waals surface area (Å²) in [5, 5.41) is 0. The highest BCUT2D eigenvalue weighted by Crippen LogP contribution is 2.41. The highest BCUT2D eigenvalue weighted by Gasteiger charge is 2.37. The van der Waals surface area contributed by atoms with Gasteiger partial charge in [0, 0.05) is 34.2 Å². The Labute approximate surface area is 169 Å². The smallest absolute Gasteiger partial charge is 0.123 e. The van der Waals surface area contributed by atoms with Gasteiger partial charge < -0.3 is 9.64 Å². The van der Waals surface area contributed by atoms with E-state index in [4.69, 9.17) is 4.74 Å². The summed E-state index contributed by atoms with van der Waals surface area (Å²) >= 11 is 2.55. The van der Waals surface area contributed by atoms with Gasteiger partial charge in [-0.25, -0.2) is 0 Å². The first kappa shape index (κ1) is 16.9. The Morgan fingerprint density at radius 1 is 1.04 bits per heavy atom. The van der Waals surface area contributed by atoms with Crippen LogP contribution in [0.15, 0.2) is 48.5 Å². The first-order valence-electron chi connectivity index (χ1n) is 9.72. The summed E-state index contributed by atoms with van der Waals surface area (Å²) in [5.74, 6) is 1.61. The SMILES string of the molecule is IC1CN(c2ccc3c(c2)C(Cc2ccccc2)C(N2CCC2)CO3)C1. The average Bonchev–Trinajstić information content (AvgIpc) is 2.60. The molecule has 0 amide bonds. The van der Waals surface area contributed by atoms with Crippen molar-refractivity contribution in [3.8, 4) is 5.75 Å². The number of rotatable bonds is 4. The van der Waals surface area contributed by atoms with Crippen LogP contribution in [0.4, 0.5) is 5.69 Å². The van der Waals surface area contributed by atoms with E-state index in [0.717, 1.165) is 22.7 Å². The van der Waals surface area contributed by atoms with Gasteiger partial charge in [0.15, 0.2) is 0 Å². The molecule has 0 aliphatic carbocycles. The normalized spacial score (nSPS) is 25.8. The van der Waals surface area contributed by atoms with E-state index >= 15 is 0 Å². The molecule has 26 heavy (non-hydrogen) atoms. The Bertz CT molecular complexity index is 771. The summed E-state index contributed by atoms with van der Waals surface area (Å²) < 4.78 is 6.99. The number of halogens is 1. The van der Waals surface area contributed by atoms with E-state index in [1.54, 1.807) is 0 Å². The second kappa shape index (κ2) is 7.04. The van der Waals surface area contributed by atoms with E-state index in [0.29, 0.717) is 12.0 Å². The van der Waals surface area contributed by atoms with Crippen LogP contribution in [0.3, 0.4) is 0 Å². The maximum absolute atomic E-state index is 6.21. The molecule has 136 valence electrons. The minimum atomic E-state index is 0.500. The highest BCUT2D eigenvalue weighted by molar-refractivity contribution is 14.1. The van der Waals surface area contributed by atoms with E-state index in [-0.39, 0.29) is 0 Å². The van der Waals surface area contributed by atoms with Crippen molar-refractivity contribution in [1.82, 2.24) is 4.90 Å². The molecule has 2 atom stereocenters. The Balaban J connectivity index is 1.48. The van der Waals surface area contributed by atoms with Gasteiger partial charge in [0.25, 0.3) is 0 Å². The van der Waals surface area contributed by atoms with E-state index in [2.05, 4.69) is 80.9 Å². The number of hydrogen-bond acceptors (Lipinski definition) is 3. The summed E-state index contributed by atoms with van der Waals surface area (Å²) in [7, 11) is 0. The fraction of sp³-hybridized carbons (Fsp3) is 0.455. The molecule has 3 heterocycles. The largest absolute Gasteiger partial charge is 0.492 e. The first-order chi connectivity index (χ1) is 12.8. The monoisotopic (exact) mass is 460 g/mol. The number of hydrogen-bond donors (Lipinski definition) is 0. The third kappa shape index (κ3) is 3.11. The van der Waals surface area contributed by atoms with Crippen molar-refractivity contribution >= 4 is 28.3 Å². The summed E-state index contributed by atoms with van der Waals surface area (Å²) in [5.41, 5.74) is 4.20. The minimum absolute atomic E-state index is 0.500. The molecule has 0 radical (unpaired) electrons. The third-order valence-corrected chi connectivity index (χ3v) is 6.91. The lowest BCUT2D eigenvalue weighted by Crippen LogP contribution is -2.52. The van der Waals surface area contributed by atoms with Crippen LogP contribution in [0.25, 0.3) is 0 Å². The van der Waals surface area contributed by atoms with Crippen LogP contribution < -0.4 is 9.64 Å². The van der Waals surface area contributed by atoms with Gasteiger partial charge in [-0.15, -0.1) is 0 Å². The van der Waals surface area contributed by atoms with Gasteiger partial charge in [0.05, 0.1) is 6.04 Å². The zero-order valence-corrected chi connectivity index (χ0v) is 17.1. The van der Waals surface area contributed by atoms with Gasteiger partial charge in [-0.05, 0) is 49.7 Å². The third-order valence-electron chi connectivity index (χ3n) is 6.13. The van der Waals surface area contributed by atoms with Gasteiger partial charge in [-0.3, -0.25) is 4.90 Å². The van der Waals surface area contributed by atoms with Crippen molar-refractivity contribution in [3.63, 3.8) is 0 Å². The van der Waals surface area contributed by atoms with Gasteiger partial charge in [0.1, 0.15) is 12.4 Å².